The Morgan fingerprint density at radius 3 is 2.85 bits per heavy atom. The van der Waals surface area contributed by atoms with Crippen LogP contribution >= 0.6 is 0 Å². The zero-order valence-electron chi connectivity index (χ0n) is 11.0. The monoisotopic (exact) mass is 270 g/mol. The van der Waals surface area contributed by atoms with Crippen LogP contribution in [-0.4, -0.2) is 27.8 Å². The maximum absolute atomic E-state index is 13.8. The molecule has 0 N–H and O–H groups in total. The lowest BCUT2D eigenvalue weighted by molar-refractivity contribution is 0.544. The van der Waals surface area contributed by atoms with Gasteiger partial charge in [-0.3, -0.25) is 0 Å². The minimum atomic E-state index is -0.276. The van der Waals surface area contributed by atoms with E-state index >= 15 is 0 Å². The van der Waals surface area contributed by atoms with E-state index in [0.717, 1.165) is 12.5 Å². The number of benzene rings is 1. The summed E-state index contributed by atoms with van der Waals surface area (Å²) < 4.78 is 13.8. The second-order valence-corrected chi connectivity index (χ2v) is 5.61. The van der Waals surface area contributed by atoms with E-state index in [-0.39, 0.29) is 5.82 Å². The predicted octanol–water partition coefficient (Wildman–Crippen LogP) is 2.67. The normalized spacial score (nSPS) is 24.4. The van der Waals surface area contributed by atoms with Crippen LogP contribution in [0, 0.1) is 11.7 Å². The molecule has 0 unspecified atom stereocenters. The van der Waals surface area contributed by atoms with E-state index in [2.05, 4.69) is 20.1 Å². The van der Waals surface area contributed by atoms with Crippen molar-refractivity contribution >= 4 is 5.95 Å². The molecule has 1 saturated heterocycles. The molecule has 4 nitrogen and oxygen atoms in total. The van der Waals surface area contributed by atoms with E-state index in [1.807, 2.05) is 0 Å². The number of hydrogen-bond donors (Lipinski definition) is 0. The van der Waals surface area contributed by atoms with E-state index in [1.165, 1.54) is 31.5 Å². The largest absolute Gasteiger partial charge is 0.336 e. The van der Waals surface area contributed by atoms with Gasteiger partial charge in [-0.1, -0.05) is 12.1 Å². The molecule has 2 fully saturated rings. The van der Waals surface area contributed by atoms with Gasteiger partial charge in [0.1, 0.15) is 5.82 Å². The maximum Gasteiger partial charge on any atom is 0.246 e. The Labute approximate surface area is 116 Å². The summed E-state index contributed by atoms with van der Waals surface area (Å²) in [5, 5.41) is 8.15. The van der Waals surface area contributed by atoms with Crippen molar-refractivity contribution < 1.29 is 4.39 Å². The summed E-state index contributed by atoms with van der Waals surface area (Å²) in [4.78, 5) is 6.74. The van der Waals surface area contributed by atoms with Crippen LogP contribution in [0.1, 0.15) is 19.3 Å². The predicted molar refractivity (Wildman–Crippen MR) is 73.7 cm³/mol. The van der Waals surface area contributed by atoms with Crippen LogP contribution in [0.5, 0.6) is 0 Å². The highest BCUT2D eigenvalue weighted by atomic mass is 19.1. The van der Waals surface area contributed by atoms with Crippen molar-refractivity contribution in [2.24, 2.45) is 5.92 Å². The van der Waals surface area contributed by atoms with E-state index in [1.54, 1.807) is 18.2 Å². The molecule has 2 aliphatic rings. The summed E-state index contributed by atoms with van der Waals surface area (Å²) in [5.74, 6) is 1.13. The molecule has 1 saturated carbocycles. The molecule has 1 aliphatic heterocycles. The minimum absolute atomic E-state index is 0.276. The SMILES string of the molecule is Fc1ccccc1-c1cnnc(N2C[C@H]3CC[C@H]2C3)n1. The second-order valence-electron chi connectivity index (χ2n) is 5.61. The van der Waals surface area contributed by atoms with Gasteiger partial charge in [0.15, 0.2) is 0 Å². The van der Waals surface area contributed by atoms with E-state index < -0.39 is 0 Å². The van der Waals surface area contributed by atoms with Crippen molar-refractivity contribution in [1.29, 1.82) is 0 Å². The van der Waals surface area contributed by atoms with Crippen molar-refractivity contribution in [3.8, 4) is 11.3 Å². The van der Waals surface area contributed by atoms with Crippen LogP contribution < -0.4 is 4.90 Å². The maximum atomic E-state index is 13.8. The lowest BCUT2D eigenvalue weighted by Crippen LogP contribution is -2.33. The van der Waals surface area contributed by atoms with Gasteiger partial charge in [-0.25, -0.2) is 9.37 Å². The van der Waals surface area contributed by atoms with Gasteiger partial charge in [-0.15, -0.1) is 5.10 Å². The molecule has 0 radical (unpaired) electrons. The van der Waals surface area contributed by atoms with Crippen molar-refractivity contribution in [2.75, 3.05) is 11.4 Å². The lowest BCUT2D eigenvalue weighted by atomic mass is 10.1. The third-order valence-electron chi connectivity index (χ3n) is 4.36. The Morgan fingerprint density at radius 1 is 1.20 bits per heavy atom. The molecule has 2 bridgehead atoms. The third-order valence-corrected chi connectivity index (χ3v) is 4.36. The molecule has 5 heteroatoms. The molecular formula is C15H15FN4. The molecule has 1 aliphatic carbocycles. The third kappa shape index (κ3) is 1.85. The van der Waals surface area contributed by atoms with E-state index in [9.17, 15) is 4.39 Å². The van der Waals surface area contributed by atoms with Crippen LogP contribution in [0.4, 0.5) is 10.3 Å². The van der Waals surface area contributed by atoms with Gasteiger partial charge in [-0.2, -0.15) is 5.10 Å². The molecule has 0 spiro atoms. The second kappa shape index (κ2) is 4.51. The number of fused-ring (bicyclic) bond motifs is 2. The fraction of sp³-hybridized carbons (Fsp3) is 0.400. The molecule has 102 valence electrons. The highest BCUT2D eigenvalue weighted by Crippen LogP contribution is 2.39. The highest BCUT2D eigenvalue weighted by molar-refractivity contribution is 5.60. The van der Waals surface area contributed by atoms with Gasteiger partial charge in [-0.05, 0) is 37.3 Å². The number of piperidine rings is 1. The molecule has 2 heterocycles. The van der Waals surface area contributed by atoms with Gasteiger partial charge in [0.2, 0.25) is 5.95 Å². The number of nitrogens with zero attached hydrogens (tertiary/aromatic N) is 4. The summed E-state index contributed by atoms with van der Waals surface area (Å²) in [7, 11) is 0. The van der Waals surface area contributed by atoms with E-state index in [0.29, 0.717) is 23.2 Å². The zero-order chi connectivity index (χ0) is 13.5. The Balaban J connectivity index is 1.70. The van der Waals surface area contributed by atoms with Gasteiger partial charge in [0.05, 0.1) is 11.9 Å². The molecule has 4 rings (SSSR count). The van der Waals surface area contributed by atoms with Crippen molar-refractivity contribution in [2.45, 2.75) is 25.3 Å². The van der Waals surface area contributed by atoms with Gasteiger partial charge in [0.25, 0.3) is 0 Å². The van der Waals surface area contributed by atoms with Crippen LogP contribution in [-0.2, 0) is 0 Å². The van der Waals surface area contributed by atoms with Crippen LogP contribution in [0.25, 0.3) is 11.3 Å². The summed E-state index contributed by atoms with van der Waals surface area (Å²) in [5.41, 5.74) is 1.03. The molecule has 1 aromatic carbocycles. The fourth-order valence-corrected chi connectivity index (χ4v) is 3.38. The fourth-order valence-electron chi connectivity index (χ4n) is 3.38. The number of rotatable bonds is 2. The first-order chi connectivity index (χ1) is 9.81. The average Bonchev–Trinajstić information content (AvgIpc) is 3.11. The summed E-state index contributed by atoms with van der Waals surface area (Å²) in [6.45, 7) is 1.01. The first kappa shape index (κ1) is 11.8. The number of hydrogen-bond acceptors (Lipinski definition) is 4. The highest BCUT2D eigenvalue weighted by Gasteiger charge is 2.39. The standard InChI is InChI=1S/C15H15FN4/c16-13-4-2-1-3-12(13)14-8-17-19-15(18-14)20-9-10-5-6-11(20)7-10/h1-4,8,10-11H,5-7,9H2/t10-,11-/m0/s1. The summed E-state index contributed by atoms with van der Waals surface area (Å²) in [6.07, 6.45) is 5.27. The average molecular weight is 270 g/mol. The lowest BCUT2D eigenvalue weighted by Gasteiger charge is -2.26. The zero-order valence-corrected chi connectivity index (χ0v) is 11.0. The topological polar surface area (TPSA) is 41.9 Å². The summed E-state index contributed by atoms with van der Waals surface area (Å²) in [6, 6.07) is 7.18. The molecule has 2 atom stereocenters. The molecular weight excluding hydrogens is 255 g/mol. The molecule has 0 amide bonds. The number of aromatic nitrogens is 3. The Morgan fingerprint density at radius 2 is 2.10 bits per heavy atom. The first-order valence-electron chi connectivity index (χ1n) is 7.02. The van der Waals surface area contributed by atoms with Gasteiger partial charge in [0, 0.05) is 18.2 Å². The quantitative estimate of drug-likeness (QED) is 0.841. The number of halogens is 1. The van der Waals surface area contributed by atoms with E-state index in [4.69, 9.17) is 0 Å². The van der Waals surface area contributed by atoms with Crippen molar-refractivity contribution in [3.63, 3.8) is 0 Å². The Hall–Kier alpha value is -2.04. The molecule has 1 aromatic heterocycles. The Bertz CT molecular complexity index is 645. The number of anilines is 1. The van der Waals surface area contributed by atoms with Crippen molar-refractivity contribution in [3.05, 3.63) is 36.3 Å². The smallest absolute Gasteiger partial charge is 0.246 e. The van der Waals surface area contributed by atoms with Gasteiger partial charge >= 0.3 is 0 Å². The summed E-state index contributed by atoms with van der Waals surface area (Å²) >= 11 is 0. The first-order valence-corrected chi connectivity index (χ1v) is 7.02. The van der Waals surface area contributed by atoms with Crippen LogP contribution in [0.2, 0.25) is 0 Å². The molecule has 20 heavy (non-hydrogen) atoms. The van der Waals surface area contributed by atoms with Crippen LogP contribution in [0.15, 0.2) is 30.5 Å². The van der Waals surface area contributed by atoms with Crippen LogP contribution in [0.3, 0.4) is 0 Å². The van der Waals surface area contributed by atoms with Crippen molar-refractivity contribution in [1.82, 2.24) is 15.2 Å². The minimum Gasteiger partial charge on any atom is -0.336 e. The van der Waals surface area contributed by atoms with Gasteiger partial charge < -0.3 is 4.90 Å². The molecule has 2 aromatic rings. The Kier molecular flexibility index (Phi) is 2.65.